The first-order valence-electron chi connectivity index (χ1n) is 5.63. The van der Waals surface area contributed by atoms with Crippen LogP contribution in [0.4, 0.5) is 0 Å². The Morgan fingerprint density at radius 3 is 2.75 bits per heavy atom. The Kier molecular flexibility index (Phi) is 5.72. The summed E-state index contributed by atoms with van der Waals surface area (Å²) >= 11 is 6.69. The van der Waals surface area contributed by atoms with Crippen LogP contribution in [-0.4, -0.2) is 33.7 Å². The van der Waals surface area contributed by atoms with Gasteiger partial charge in [0, 0.05) is 13.0 Å². The number of hydrogen-bond donors (Lipinski definition) is 0. The zero-order chi connectivity index (χ0) is 12.1. The van der Waals surface area contributed by atoms with Crippen molar-refractivity contribution in [3.8, 4) is 0 Å². The molecule has 92 valence electrons. The smallest absolute Gasteiger partial charge is 0.228 e. The number of hydrogen-bond acceptors (Lipinski definition) is 4. The summed E-state index contributed by atoms with van der Waals surface area (Å²) in [5.41, 5.74) is 0.0169. The molecule has 1 amide bonds. The molecule has 5 heteroatoms. The molecule has 1 aliphatic heterocycles. The number of thiocarbonyl (C=S) groups is 1. The minimum Gasteiger partial charge on any atom is -0.367 e. The average Bonchev–Trinajstić information content (AvgIpc) is 2.61. The second kappa shape index (κ2) is 6.57. The molecule has 0 saturated carbocycles. The number of rotatable bonds is 4. The summed E-state index contributed by atoms with van der Waals surface area (Å²) < 4.78 is 6.26. The standard InChI is InChI=1S/C11H19NO2S2/c1-8(2)7-14-9(3)16-11(15)12-6-4-5-10(12)13/h8-9H,4-7H2,1-3H3. The van der Waals surface area contributed by atoms with Gasteiger partial charge in [0.05, 0.1) is 6.61 Å². The Hall–Kier alpha value is -0.130. The lowest BCUT2D eigenvalue weighted by Gasteiger charge is -2.20. The highest BCUT2D eigenvalue weighted by Crippen LogP contribution is 2.22. The first-order valence-corrected chi connectivity index (χ1v) is 6.92. The van der Waals surface area contributed by atoms with E-state index < -0.39 is 0 Å². The van der Waals surface area contributed by atoms with Gasteiger partial charge in [-0.05, 0) is 19.3 Å². The van der Waals surface area contributed by atoms with Crippen molar-refractivity contribution in [1.82, 2.24) is 4.90 Å². The summed E-state index contributed by atoms with van der Waals surface area (Å²) in [4.78, 5) is 13.1. The quantitative estimate of drug-likeness (QED) is 0.575. The van der Waals surface area contributed by atoms with Gasteiger partial charge in [0.2, 0.25) is 5.91 Å². The summed E-state index contributed by atoms with van der Waals surface area (Å²) in [6.45, 7) is 7.69. The van der Waals surface area contributed by atoms with Gasteiger partial charge >= 0.3 is 0 Å². The summed E-state index contributed by atoms with van der Waals surface area (Å²) in [7, 11) is 0. The van der Waals surface area contributed by atoms with E-state index in [2.05, 4.69) is 13.8 Å². The Labute approximate surface area is 107 Å². The highest BCUT2D eigenvalue weighted by Gasteiger charge is 2.25. The predicted octanol–water partition coefficient (Wildman–Crippen LogP) is 2.65. The van der Waals surface area contributed by atoms with Gasteiger partial charge < -0.3 is 4.74 Å². The molecule has 0 bridgehead atoms. The van der Waals surface area contributed by atoms with Gasteiger partial charge in [-0.15, -0.1) is 0 Å². The van der Waals surface area contributed by atoms with E-state index in [1.165, 1.54) is 11.8 Å². The van der Waals surface area contributed by atoms with E-state index in [0.717, 1.165) is 19.6 Å². The number of carbonyl (C=O) groups excluding carboxylic acids is 1. The number of thioether (sulfide) groups is 1. The van der Waals surface area contributed by atoms with Gasteiger partial charge in [0.15, 0.2) is 0 Å². The van der Waals surface area contributed by atoms with Gasteiger partial charge in [0.1, 0.15) is 9.76 Å². The van der Waals surface area contributed by atoms with Crippen LogP contribution in [0.25, 0.3) is 0 Å². The number of likely N-dealkylation sites (tertiary alicyclic amines) is 1. The van der Waals surface area contributed by atoms with Gasteiger partial charge in [-0.2, -0.15) is 0 Å². The lowest BCUT2D eigenvalue weighted by atomic mass is 10.2. The lowest BCUT2D eigenvalue weighted by Crippen LogP contribution is -2.29. The maximum absolute atomic E-state index is 11.4. The van der Waals surface area contributed by atoms with Crippen molar-refractivity contribution in [3.05, 3.63) is 0 Å². The van der Waals surface area contributed by atoms with Crippen molar-refractivity contribution >= 4 is 34.2 Å². The first kappa shape index (κ1) is 13.9. The van der Waals surface area contributed by atoms with Crippen molar-refractivity contribution in [3.63, 3.8) is 0 Å². The highest BCUT2D eigenvalue weighted by atomic mass is 32.2. The monoisotopic (exact) mass is 261 g/mol. The van der Waals surface area contributed by atoms with Gasteiger partial charge in [-0.1, -0.05) is 37.8 Å². The van der Waals surface area contributed by atoms with Crippen molar-refractivity contribution in [2.75, 3.05) is 13.2 Å². The van der Waals surface area contributed by atoms with E-state index in [1.54, 1.807) is 4.90 Å². The molecule has 3 nitrogen and oxygen atoms in total. The fourth-order valence-electron chi connectivity index (χ4n) is 1.41. The van der Waals surface area contributed by atoms with Crippen LogP contribution in [0.5, 0.6) is 0 Å². The zero-order valence-electron chi connectivity index (χ0n) is 10.1. The number of nitrogens with zero attached hydrogens (tertiary/aromatic N) is 1. The molecule has 1 fully saturated rings. The lowest BCUT2D eigenvalue weighted by molar-refractivity contribution is -0.124. The Morgan fingerprint density at radius 1 is 1.56 bits per heavy atom. The van der Waals surface area contributed by atoms with E-state index in [1.807, 2.05) is 6.92 Å². The number of amides is 1. The molecule has 1 unspecified atom stereocenters. The predicted molar refractivity (Wildman–Crippen MR) is 71.4 cm³/mol. The van der Waals surface area contributed by atoms with Gasteiger partial charge in [0.25, 0.3) is 0 Å². The second-order valence-corrected chi connectivity index (χ2v) is 6.26. The molecule has 0 N–H and O–H groups in total. The third-order valence-electron chi connectivity index (χ3n) is 2.22. The van der Waals surface area contributed by atoms with Crippen molar-refractivity contribution in [1.29, 1.82) is 0 Å². The van der Waals surface area contributed by atoms with E-state index in [9.17, 15) is 4.79 Å². The van der Waals surface area contributed by atoms with Gasteiger partial charge in [-0.25, -0.2) is 0 Å². The molecule has 16 heavy (non-hydrogen) atoms. The molecular formula is C11H19NO2S2. The van der Waals surface area contributed by atoms with Crippen molar-refractivity contribution in [2.24, 2.45) is 5.92 Å². The third-order valence-corrected chi connectivity index (χ3v) is 3.62. The summed E-state index contributed by atoms with van der Waals surface area (Å²) in [5.74, 6) is 0.665. The topological polar surface area (TPSA) is 29.5 Å². The van der Waals surface area contributed by atoms with Crippen molar-refractivity contribution < 1.29 is 9.53 Å². The van der Waals surface area contributed by atoms with Crippen LogP contribution < -0.4 is 0 Å². The Morgan fingerprint density at radius 2 is 2.25 bits per heavy atom. The van der Waals surface area contributed by atoms with Crippen LogP contribution in [0, 0.1) is 5.92 Å². The maximum atomic E-state index is 11.4. The first-order chi connectivity index (χ1) is 7.50. The molecule has 1 aliphatic rings. The second-order valence-electron chi connectivity index (χ2n) is 4.33. The molecule has 0 radical (unpaired) electrons. The minimum absolute atomic E-state index is 0.0169. The molecule has 0 aliphatic carbocycles. The van der Waals surface area contributed by atoms with E-state index in [0.29, 0.717) is 16.7 Å². The van der Waals surface area contributed by atoms with Crippen LogP contribution in [-0.2, 0) is 9.53 Å². The maximum Gasteiger partial charge on any atom is 0.228 e. The molecule has 1 saturated heterocycles. The average molecular weight is 261 g/mol. The SMILES string of the molecule is CC(C)COC(C)SC(=S)N1CCCC1=O. The molecule has 0 spiro atoms. The van der Waals surface area contributed by atoms with E-state index in [4.69, 9.17) is 17.0 Å². The van der Waals surface area contributed by atoms with Crippen LogP contribution in [0.3, 0.4) is 0 Å². The summed E-state index contributed by atoms with van der Waals surface area (Å²) in [6.07, 6.45) is 1.54. The largest absolute Gasteiger partial charge is 0.367 e. The van der Waals surface area contributed by atoms with Crippen LogP contribution in [0.15, 0.2) is 0 Å². The highest BCUT2D eigenvalue weighted by molar-refractivity contribution is 8.23. The Bertz CT molecular complexity index is 269. The van der Waals surface area contributed by atoms with Crippen LogP contribution in [0.2, 0.25) is 0 Å². The van der Waals surface area contributed by atoms with Gasteiger partial charge in [-0.3, -0.25) is 9.69 Å². The van der Waals surface area contributed by atoms with Crippen molar-refractivity contribution in [2.45, 2.75) is 39.0 Å². The third kappa shape index (κ3) is 4.39. The van der Waals surface area contributed by atoms with Crippen LogP contribution >= 0.6 is 24.0 Å². The molecule has 1 atom stereocenters. The summed E-state index contributed by atoms with van der Waals surface area (Å²) in [6, 6.07) is 0. The zero-order valence-corrected chi connectivity index (χ0v) is 11.7. The Balaban J connectivity index is 2.30. The fourth-order valence-corrected chi connectivity index (χ4v) is 2.76. The minimum atomic E-state index is 0.0169. The molecule has 0 aromatic heterocycles. The van der Waals surface area contributed by atoms with E-state index in [-0.39, 0.29) is 11.3 Å². The molecular weight excluding hydrogens is 242 g/mol. The molecule has 1 heterocycles. The molecule has 0 aromatic carbocycles. The molecule has 0 aromatic rings. The van der Waals surface area contributed by atoms with Crippen LogP contribution in [0.1, 0.15) is 33.6 Å². The number of carbonyl (C=O) groups is 1. The summed E-state index contributed by atoms with van der Waals surface area (Å²) in [5, 5.41) is 0. The van der Waals surface area contributed by atoms with E-state index >= 15 is 0 Å². The normalized spacial score (nSPS) is 18.2. The molecule has 1 rings (SSSR count). The fraction of sp³-hybridized carbons (Fsp3) is 0.818. The number of ether oxygens (including phenoxy) is 1.